The number of nitrogens with one attached hydrogen (secondary N) is 1. The summed E-state index contributed by atoms with van der Waals surface area (Å²) in [6.07, 6.45) is 4.85. The van der Waals surface area contributed by atoms with Crippen molar-refractivity contribution in [2.75, 3.05) is 13.2 Å². The second-order valence-corrected chi connectivity index (χ2v) is 4.82. The van der Waals surface area contributed by atoms with Crippen LogP contribution in [-0.4, -0.2) is 25.2 Å². The molecule has 0 saturated heterocycles. The Labute approximate surface area is 98.9 Å². The molecule has 0 spiro atoms. The Morgan fingerprint density at radius 1 is 1.44 bits per heavy atom. The Hall–Kier alpha value is -0.570. The van der Waals surface area contributed by atoms with Crippen molar-refractivity contribution >= 4 is 5.97 Å². The summed E-state index contributed by atoms with van der Waals surface area (Å²) in [6.45, 7) is 7.49. The first kappa shape index (κ1) is 13.5. The van der Waals surface area contributed by atoms with Crippen molar-refractivity contribution in [3.63, 3.8) is 0 Å². The molecule has 94 valence electrons. The maximum atomic E-state index is 11.9. The third-order valence-electron chi connectivity index (χ3n) is 3.41. The number of carbonyl (C=O) groups excluding carboxylic acids is 1. The summed E-state index contributed by atoms with van der Waals surface area (Å²) < 4.78 is 5.14. The molecule has 0 radical (unpaired) electrons. The van der Waals surface area contributed by atoms with Crippen LogP contribution in [0.4, 0.5) is 0 Å². The molecule has 0 amide bonds. The largest absolute Gasteiger partial charge is 0.465 e. The van der Waals surface area contributed by atoms with Crippen molar-refractivity contribution in [2.24, 2.45) is 11.8 Å². The average Bonchev–Trinajstić information content (AvgIpc) is 2.26. The summed E-state index contributed by atoms with van der Waals surface area (Å²) in [5.41, 5.74) is 0. The SMILES string of the molecule is CCNC(C(=O)OCC)C1CCCC(C)C1. The highest BCUT2D eigenvalue weighted by Crippen LogP contribution is 2.31. The zero-order valence-electron chi connectivity index (χ0n) is 10.8. The zero-order chi connectivity index (χ0) is 12.0. The fourth-order valence-electron chi connectivity index (χ4n) is 2.68. The number of hydrogen-bond acceptors (Lipinski definition) is 3. The lowest BCUT2D eigenvalue weighted by Gasteiger charge is -2.32. The minimum absolute atomic E-state index is 0.0662. The molecular formula is C13H25NO2. The van der Waals surface area contributed by atoms with Crippen LogP contribution >= 0.6 is 0 Å². The first-order valence-corrected chi connectivity index (χ1v) is 6.59. The minimum atomic E-state index is -0.0901. The second kappa shape index (κ2) is 6.89. The van der Waals surface area contributed by atoms with Crippen LogP contribution in [-0.2, 0) is 9.53 Å². The van der Waals surface area contributed by atoms with Crippen LogP contribution in [0.5, 0.6) is 0 Å². The van der Waals surface area contributed by atoms with Crippen LogP contribution in [0.25, 0.3) is 0 Å². The fraction of sp³-hybridized carbons (Fsp3) is 0.923. The summed E-state index contributed by atoms with van der Waals surface area (Å²) >= 11 is 0. The predicted molar refractivity (Wildman–Crippen MR) is 65.2 cm³/mol. The molecule has 3 atom stereocenters. The van der Waals surface area contributed by atoms with Gasteiger partial charge in [0.05, 0.1) is 6.61 Å². The van der Waals surface area contributed by atoms with Gasteiger partial charge < -0.3 is 10.1 Å². The molecule has 0 heterocycles. The number of carbonyl (C=O) groups is 1. The summed E-state index contributed by atoms with van der Waals surface area (Å²) in [7, 11) is 0. The predicted octanol–water partition coefficient (Wildman–Crippen LogP) is 2.35. The van der Waals surface area contributed by atoms with E-state index < -0.39 is 0 Å². The van der Waals surface area contributed by atoms with Gasteiger partial charge in [-0.25, -0.2) is 0 Å². The van der Waals surface area contributed by atoms with Gasteiger partial charge in [-0.15, -0.1) is 0 Å². The molecule has 1 saturated carbocycles. The van der Waals surface area contributed by atoms with Crippen LogP contribution in [0.3, 0.4) is 0 Å². The average molecular weight is 227 g/mol. The molecule has 0 aromatic rings. The molecule has 1 aliphatic rings. The van der Waals surface area contributed by atoms with Gasteiger partial charge in [-0.1, -0.05) is 26.7 Å². The molecular weight excluding hydrogens is 202 g/mol. The normalized spacial score (nSPS) is 27.4. The highest BCUT2D eigenvalue weighted by atomic mass is 16.5. The monoisotopic (exact) mass is 227 g/mol. The van der Waals surface area contributed by atoms with Crippen molar-refractivity contribution in [1.29, 1.82) is 0 Å². The van der Waals surface area contributed by atoms with Gasteiger partial charge in [-0.2, -0.15) is 0 Å². The third kappa shape index (κ3) is 3.78. The molecule has 0 aromatic heterocycles. The number of rotatable bonds is 5. The van der Waals surface area contributed by atoms with E-state index in [2.05, 4.69) is 12.2 Å². The summed E-state index contributed by atoms with van der Waals surface area (Å²) in [4.78, 5) is 11.9. The Bertz CT molecular complexity index is 218. The quantitative estimate of drug-likeness (QED) is 0.733. The molecule has 1 rings (SSSR count). The van der Waals surface area contributed by atoms with E-state index in [1.807, 2.05) is 13.8 Å². The molecule has 1 fully saturated rings. The van der Waals surface area contributed by atoms with Gasteiger partial charge in [0.2, 0.25) is 0 Å². The van der Waals surface area contributed by atoms with Gasteiger partial charge in [0.15, 0.2) is 0 Å². The maximum absolute atomic E-state index is 11.9. The van der Waals surface area contributed by atoms with Crippen molar-refractivity contribution in [3.05, 3.63) is 0 Å². The van der Waals surface area contributed by atoms with Crippen LogP contribution in [0.1, 0.15) is 46.5 Å². The molecule has 3 heteroatoms. The highest BCUT2D eigenvalue weighted by molar-refractivity contribution is 5.76. The summed E-state index contributed by atoms with van der Waals surface area (Å²) in [5, 5.41) is 3.28. The fourth-order valence-corrected chi connectivity index (χ4v) is 2.68. The van der Waals surface area contributed by atoms with Crippen LogP contribution in [0.2, 0.25) is 0 Å². The van der Waals surface area contributed by atoms with Gasteiger partial charge >= 0.3 is 5.97 Å². The maximum Gasteiger partial charge on any atom is 0.323 e. The van der Waals surface area contributed by atoms with E-state index >= 15 is 0 Å². The van der Waals surface area contributed by atoms with Gasteiger partial charge in [0.1, 0.15) is 6.04 Å². The van der Waals surface area contributed by atoms with E-state index in [9.17, 15) is 4.79 Å². The highest BCUT2D eigenvalue weighted by Gasteiger charge is 2.31. The minimum Gasteiger partial charge on any atom is -0.465 e. The van der Waals surface area contributed by atoms with E-state index in [1.54, 1.807) is 0 Å². The number of ether oxygens (including phenoxy) is 1. The molecule has 1 N–H and O–H groups in total. The Morgan fingerprint density at radius 2 is 2.19 bits per heavy atom. The molecule has 1 aliphatic carbocycles. The zero-order valence-corrected chi connectivity index (χ0v) is 10.8. The van der Waals surface area contributed by atoms with E-state index in [1.165, 1.54) is 12.8 Å². The van der Waals surface area contributed by atoms with Gasteiger partial charge in [0, 0.05) is 0 Å². The van der Waals surface area contributed by atoms with Crippen LogP contribution in [0.15, 0.2) is 0 Å². The van der Waals surface area contributed by atoms with Crippen molar-refractivity contribution < 1.29 is 9.53 Å². The molecule has 0 aromatic carbocycles. The van der Waals surface area contributed by atoms with Crippen molar-refractivity contribution in [3.8, 4) is 0 Å². The Balaban J connectivity index is 2.56. The first-order valence-electron chi connectivity index (χ1n) is 6.59. The second-order valence-electron chi connectivity index (χ2n) is 4.82. The third-order valence-corrected chi connectivity index (χ3v) is 3.41. The van der Waals surface area contributed by atoms with E-state index in [0.717, 1.165) is 25.3 Å². The van der Waals surface area contributed by atoms with Gasteiger partial charge in [0.25, 0.3) is 0 Å². The number of likely N-dealkylation sites (N-methyl/N-ethyl adjacent to an activating group) is 1. The number of hydrogen-bond donors (Lipinski definition) is 1. The lowest BCUT2D eigenvalue weighted by Crippen LogP contribution is -2.45. The van der Waals surface area contributed by atoms with Crippen molar-refractivity contribution in [1.82, 2.24) is 5.32 Å². The lowest BCUT2D eigenvalue weighted by molar-refractivity contribution is -0.147. The Kier molecular flexibility index (Phi) is 5.81. The van der Waals surface area contributed by atoms with Gasteiger partial charge in [-0.05, 0) is 38.1 Å². The topological polar surface area (TPSA) is 38.3 Å². The molecule has 0 aliphatic heterocycles. The smallest absolute Gasteiger partial charge is 0.323 e. The summed E-state index contributed by atoms with van der Waals surface area (Å²) in [5.74, 6) is 1.14. The van der Waals surface area contributed by atoms with Crippen LogP contribution in [0, 0.1) is 11.8 Å². The van der Waals surface area contributed by atoms with E-state index in [4.69, 9.17) is 4.74 Å². The molecule has 0 bridgehead atoms. The van der Waals surface area contributed by atoms with E-state index in [-0.39, 0.29) is 12.0 Å². The van der Waals surface area contributed by atoms with E-state index in [0.29, 0.717) is 12.5 Å². The van der Waals surface area contributed by atoms with Crippen molar-refractivity contribution in [2.45, 2.75) is 52.5 Å². The van der Waals surface area contributed by atoms with Gasteiger partial charge in [-0.3, -0.25) is 4.79 Å². The molecule has 3 nitrogen and oxygen atoms in total. The van der Waals surface area contributed by atoms with Crippen LogP contribution < -0.4 is 5.32 Å². The molecule has 16 heavy (non-hydrogen) atoms. The molecule has 3 unspecified atom stereocenters. The summed E-state index contributed by atoms with van der Waals surface area (Å²) in [6, 6.07) is -0.0901. The Morgan fingerprint density at radius 3 is 2.75 bits per heavy atom. The lowest BCUT2D eigenvalue weighted by atomic mass is 9.78. The first-order chi connectivity index (χ1) is 7.69. The standard InChI is InChI=1S/C13H25NO2/c1-4-14-12(13(15)16-5-2)11-8-6-7-10(3)9-11/h10-12,14H,4-9H2,1-3H3. The number of esters is 1.